The maximum atomic E-state index is 10.3. The van der Waals surface area contributed by atoms with Gasteiger partial charge in [0.1, 0.15) is 0 Å². The number of hydrogen-bond donors (Lipinski definition) is 2. The first kappa shape index (κ1) is 61.8. The molecule has 0 aliphatic carbocycles. The molecule has 0 fully saturated rings. The molecule has 0 aliphatic rings. The van der Waals surface area contributed by atoms with Crippen LogP contribution in [-0.2, 0) is 9.59 Å². The summed E-state index contributed by atoms with van der Waals surface area (Å²) in [6.07, 6.45) is 40.4. The first-order chi connectivity index (χ1) is 19.5. The second-order valence-corrected chi connectivity index (χ2v) is 12.2. The number of unbranched alkanes of at least 4 members (excludes halogenated alkanes) is 28. The van der Waals surface area contributed by atoms with Crippen LogP contribution in [0.25, 0.3) is 0 Å². The van der Waals surface area contributed by atoms with Crippen LogP contribution in [0.1, 0.15) is 219 Å². The average Bonchev–Trinajstić information content (AvgIpc) is 2.93. The summed E-state index contributed by atoms with van der Waals surface area (Å²) in [6, 6.07) is 0. The van der Waals surface area contributed by atoms with Crippen LogP contribution in [0.2, 0.25) is 0 Å². The van der Waals surface area contributed by atoms with Crippen molar-refractivity contribution in [3.8, 4) is 0 Å². The van der Waals surface area contributed by atoms with E-state index in [1.165, 1.54) is 167 Å². The Kier molecular flexibility index (Phi) is 79.5. The van der Waals surface area contributed by atoms with Gasteiger partial charge in [0.15, 0.2) is 0 Å². The van der Waals surface area contributed by atoms with Crippen molar-refractivity contribution in [3.63, 3.8) is 0 Å². The van der Waals surface area contributed by atoms with Crippen LogP contribution in [0.15, 0.2) is 0 Å². The molecule has 12 radical (unpaired) electrons. The molecular weight excluding hydrogens is 1150 g/mol. The van der Waals surface area contributed by atoms with Crippen molar-refractivity contribution in [1.82, 2.24) is 0 Å². The zero-order chi connectivity index (χ0) is 29.8. The summed E-state index contributed by atoms with van der Waals surface area (Å²) in [4.78, 5) is 20.7. The van der Waals surface area contributed by atoms with Gasteiger partial charge in [-0.05, 0) is 12.8 Å². The van der Waals surface area contributed by atoms with Crippen LogP contribution < -0.4 is 0 Å². The molecule has 0 amide bonds. The minimum atomic E-state index is -0.653. The van der Waals surface area contributed by atoms with Crippen molar-refractivity contribution < 1.29 is 30.8 Å². The maximum absolute atomic E-state index is 10.3. The van der Waals surface area contributed by atoms with Gasteiger partial charge in [-0.25, -0.2) is 0 Å². The van der Waals surface area contributed by atoms with E-state index >= 15 is 0 Å². The Morgan fingerprint density at radius 2 is 0.444 bits per heavy atom. The van der Waals surface area contributed by atoms with E-state index in [0.29, 0.717) is 12.8 Å². The summed E-state index contributed by atoms with van der Waals surface area (Å²) >= 11 is 0. The summed E-state index contributed by atoms with van der Waals surface area (Å²) in [7, 11) is 0. The molecule has 0 aromatic heterocycles. The summed E-state index contributed by atoms with van der Waals surface area (Å²) < 4.78 is 0. The fraction of sp³-hybridized carbons (Fsp3) is 0.944. The Morgan fingerprint density at radius 3 is 0.578 bits per heavy atom. The first-order valence-corrected chi connectivity index (χ1v) is 18.0. The van der Waals surface area contributed by atoms with Crippen LogP contribution >= 0.6 is 0 Å². The van der Waals surface area contributed by atoms with Gasteiger partial charge in [0.2, 0.25) is 0 Å². The molecular formula is C36H76O6Pb3. The largest absolute Gasteiger partial charge is 0.481 e. The molecule has 268 valence electrons. The average molecular weight is 1230 g/mol. The zero-order valence-electron chi connectivity index (χ0n) is 29.8. The van der Waals surface area contributed by atoms with Gasteiger partial charge in [-0.2, -0.15) is 0 Å². The van der Waals surface area contributed by atoms with Gasteiger partial charge in [-0.3, -0.25) is 9.59 Å². The summed E-state index contributed by atoms with van der Waals surface area (Å²) in [6.45, 7) is 4.54. The fourth-order valence-corrected chi connectivity index (χ4v) is 5.30. The molecule has 0 aliphatic heterocycles. The molecule has 0 unspecified atom stereocenters. The van der Waals surface area contributed by atoms with Gasteiger partial charge in [-0.15, -0.1) is 0 Å². The molecule has 9 heteroatoms. The van der Waals surface area contributed by atoms with Crippen molar-refractivity contribution in [2.45, 2.75) is 219 Å². The summed E-state index contributed by atoms with van der Waals surface area (Å²) in [5.41, 5.74) is 0. The van der Waals surface area contributed by atoms with E-state index in [4.69, 9.17) is 10.2 Å². The molecule has 6 nitrogen and oxygen atoms in total. The van der Waals surface area contributed by atoms with Crippen molar-refractivity contribution in [2.24, 2.45) is 0 Å². The summed E-state index contributed by atoms with van der Waals surface area (Å²) in [5.74, 6) is -1.31. The molecule has 0 saturated heterocycles. The number of rotatable bonds is 32. The number of hydrogen-bond acceptors (Lipinski definition) is 2. The normalized spacial score (nSPS) is 9.64. The zero-order valence-corrected chi connectivity index (χ0v) is 41.5. The van der Waals surface area contributed by atoms with Gasteiger partial charge < -0.3 is 21.2 Å². The Bertz CT molecular complexity index is 469. The van der Waals surface area contributed by atoms with Crippen LogP contribution in [-0.4, -0.2) is 115 Å². The monoisotopic (exact) mass is 1230 g/mol. The van der Waals surface area contributed by atoms with Crippen LogP contribution in [0.4, 0.5) is 0 Å². The Labute approximate surface area is 340 Å². The molecule has 0 saturated carbocycles. The van der Waals surface area contributed by atoms with E-state index in [-0.39, 0.29) is 92.8 Å². The van der Waals surface area contributed by atoms with Crippen molar-refractivity contribution in [1.29, 1.82) is 0 Å². The molecule has 45 heavy (non-hydrogen) atoms. The number of carboxylic acid groups (broad SMARTS) is 2. The molecule has 0 atom stereocenters. The smallest absolute Gasteiger partial charge is 0.303 e. The minimum absolute atomic E-state index is 0. The number of aliphatic carboxylic acids is 2. The predicted octanol–water partition coefficient (Wildman–Crippen LogP) is 9.87. The molecule has 0 aromatic rings. The third-order valence-corrected chi connectivity index (χ3v) is 7.99. The Morgan fingerprint density at radius 1 is 0.311 bits per heavy atom. The van der Waals surface area contributed by atoms with E-state index in [0.717, 1.165) is 25.7 Å². The Hall–Kier alpha value is 1.63. The van der Waals surface area contributed by atoms with Gasteiger partial charge in [0.25, 0.3) is 0 Å². The van der Waals surface area contributed by atoms with E-state index < -0.39 is 11.9 Å². The van der Waals surface area contributed by atoms with E-state index in [1.54, 1.807) is 0 Å². The van der Waals surface area contributed by atoms with Gasteiger partial charge >= 0.3 is 11.9 Å². The van der Waals surface area contributed by atoms with Crippen LogP contribution in [0, 0.1) is 0 Å². The molecule has 6 N–H and O–H groups in total. The standard InChI is InChI=1S/2C18H36O2.2H2O.3Pb/c2*1-2-3-4-5-6-7-8-9-10-11-12-13-14-15-16-17-18(19)20;;;;;/h2*2-17H2,1H3,(H,19,20);2*1H2;;;. The molecule has 0 heterocycles. The predicted molar refractivity (Wildman–Crippen MR) is 199 cm³/mol. The second-order valence-electron chi connectivity index (χ2n) is 12.2. The number of carboxylic acids is 2. The quantitative estimate of drug-likeness (QED) is 0.0512. The third-order valence-electron chi connectivity index (χ3n) is 7.99. The van der Waals surface area contributed by atoms with E-state index in [9.17, 15) is 9.59 Å². The third kappa shape index (κ3) is 68.4. The molecule has 0 bridgehead atoms. The van der Waals surface area contributed by atoms with Gasteiger partial charge in [0, 0.05) is 94.7 Å². The van der Waals surface area contributed by atoms with Crippen molar-refractivity contribution in [3.05, 3.63) is 0 Å². The second kappa shape index (κ2) is 57.9. The van der Waals surface area contributed by atoms with Gasteiger partial charge in [0.05, 0.1) is 0 Å². The maximum Gasteiger partial charge on any atom is 0.303 e. The summed E-state index contributed by atoms with van der Waals surface area (Å²) in [5, 5.41) is 17.0. The SMILES string of the molecule is CCCCCCCCCCCCCCCCCC(=O)O.CCCCCCCCCCCCCCCCCC(=O)O.O.O.[Pb].[Pb].[Pb]. The Balaban J connectivity index is -0.000000116. The van der Waals surface area contributed by atoms with Gasteiger partial charge in [-0.1, -0.05) is 194 Å². The molecule has 0 aromatic carbocycles. The topological polar surface area (TPSA) is 138 Å². The van der Waals surface area contributed by atoms with Crippen LogP contribution in [0.5, 0.6) is 0 Å². The van der Waals surface area contributed by atoms with E-state index in [2.05, 4.69) is 13.8 Å². The minimum Gasteiger partial charge on any atom is -0.481 e. The van der Waals surface area contributed by atoms with Crippen molar-refractivity contribution in [2.75, 3.05) is 0 Å². The molecule has 0 spiro atoms. The van der Waals surface area contributed by atoms with Crippen molar-refractivity contribution >= 4 is 93.8 Å². The van der Waals surface area contributed by atoms with E-state index in [1.807, 2.05) is 0 Å². The fourth-order valence-electron chi connectivity index (χ4n) is 5.30. The molecule has 0 rings (SSSR count). The van der Waals surface area contributed by atoms with Crippen LogP contribution in [0.3, 0.4) is 0 Å². The number of carbonyl (C=O) groups is 2. The first-order valence-electron chi connectivity index (χ1n) is 18.0.